The van der Waals surface area contributed by atoms with Gasteiger partial charge in [-0.3, -0.25) is 19.1 Å². The summed E-state index contributed by atoms with van der Waals surface area (Å²) < 4.78 is 24.6. The minimum absolute atomic E-state index is 0.0742. The van der Waals surface area contributed by atoms with E-state index in [2.05, 4.69) is 4.94 Å². The summed E-state index contributed by atoms with van der Waals surface area (Å²) in [5.41, 5.74) is -0.514. The lowest BCUT2D eigenvalue weighted by molar-refractivity contribution is -0.221. The average Bonchev–Trinajstić information content (AvgIpc) is 3.35. The Morgan fingerprint density at radius 3 is 2.81 bits per heavy atom. The minimum atomic E-state index is -1.63. The third-order valence-corrected chi connectivity index (χ3v) is 5.44. The molecule has 3 heterocycles. The number of anilines is 1. The molecule has 1 saturated heterocycles. The van der Waals surface area contributed by atoms with Crippen LogP contribution in [-0.4, -0.2) is 57.6 Å². The van der Waals surface area contributed by atoms with Gasteiger partial charge in [0.1, 0.15) is 23.5 Å². The van der Waals surface area contributed by atoms with Crippen LogP contribution in [0.5, 0.6) is 0 Å². The Kier molecular flexibility index (Phi) is 6.19. The maximum absolute atomic E-state index is 13.1. The molecule has 170 valence electrons. The number of H-pyrrole nitrogens is 1. The van der Waals surface area contributed by atoms with Gasteiger partial charge >= 0.3 is 5.69 Å². The van der Waals surface area contributed by atoms with Gasteiger partial charge in [0.2, 0.25) is 6.41 Å². The minimum Gasteiger partial charge on any atom is -0.464 e. The molecule has 0 aliphatic carbocycles. The van der Waals surface area contributed by atoms with E-state index in [1.54, 1.807) is 12.3 Å². The molecule has 0 radical (unpaired) electrons. The van der Waals surface area contributed by atoms with Crippen molar-refractivity contribution in [2.24, 2.45) is 0 Å². The summed E-state index contributed by atoms with van der Waals surface area (Å²) >= 11 is 0. The van der Waals surface area contributed by atoms with Gasteiger partial charge in [0.25, 0.3) is 5.56 Å². The van der Waals surface area contributed by atoms with Gasteiger partial charge in [0.15, 0.2) is 12.3 Å². The van der Waals surface area contributed by atoms with Crippen molar-refractivity contribution in [3.8, 4) is 0 Å². The number of nitrogens with zero attached hydrogens (tertiary/aromatic N) is 2. The molecule has 1 aliphatic heterocycles. The number of amides is 1. The number of rotatable bonds is 8. The number of nitrogens with one attached hydrogen (secondary N) is 1. The summed E-state index contributed by atoms with van der Waals surface area (Å²) in [6.45, 7) is -0.577. The number of halogens is 1. The summed E-state index contributed by atoms with van der Waals surface area (Å²) in [5, 5.41) is 20.2. The van der Waals surface area contributed by atoms with Crippen LogP contribution < -0.4 is 16.1 Å². The van der Waals surface area contributed by atoms with E-state index in [0.717, 1.165) is 26.6 Å². The Balaban J connectivity index is 1.63. The zero-order valence-corrected chi connectivity index (χ0v) is 16.6. The van der Waals surface area contributed by atoms with Crippen molar-refractivity contribution in [2.45, 2.75) is 31.0 Å². The molecule has 32 heavy (non-hydrogen) atoms. The van der Waals surface area contributed by atoms with Crippen molar-refractivity contribution < 1.29 is 33.6 Å². The Morgan fingerprint density at radius 1 is 1.31 bits per heavy atom. The molecule has 1 fully saturated rings. The zero-order valence-electron chi connectivity index (χ0n) is 16.6. The standard InChI is InChI=1S/C20H20FN3O8/c21-32-17-16(27)15(8-25)31-19(17)24-7-13(18(28)22-20(24)29)23(10-26)6-5-11-9-30-14-4-2-1-3-12(11)14/h1-4,7,9-10,15-17,19,25,27H,5-6,8H2,(H,22,28,29)/t15-,16+,17-,19-/m1/s1. The number of furan rings is 1. The largest absolute Gasteiger partial charge is 0.464 e. The average molecular weight is 449 g/mol. The van der Waals surface area contributed by atoms with Gasteiger partial charge in [-0.1, -0.05) is 18.2 Å². The highest BCUT2D eigenvalue weighted by molar-refractivity contribution is 5.81. The number of para-hydroxylation sites is 1. The lowest BCUT2D eigenvalue weighted by Gasteiger charge is -2.21. The van der Waals surface area contributed by atoms with Crippen LogP contribution in [0.15, 0.2) is 50.7 Å². The fourth-order valence-electron chi connectivity index (χ4n) is 3.75. The second kappa shape index (κ2) is 9.04. The first-order valence-electron chi connectivity index (χ1n) is 9.72. The number of fused-ring (bicyclic) bond motifs is 1. The van der Waals surface area contributed by atoms with E-state index in [4.69, 9.17) is 9.15 Å². The van der Waals surface area contributed by atoms with Crippen molar-refractivity contribution >= 4 is 23.1 Å². The van der Waals surface area contributed by atoms with Crippen molar-refractivity contribution in [2.75, 3.05) is 18.1 Å². The Hall–Kier alpha value is -3.32. The third kappa shape index (κ3) is 3.84. The van der Waals surface area contributed by atoms with Gasteiger partial charge in [0, 0.05) is 18.1 Å². The summed E-state index contributed by atoms with van der Waals surface area (Å²) in [6.07, 6.45) is -2.54. The Labute approximate surface area is 179 Å². The number of aromatic amines is 1. The molecule has 0 unspecified atom stereocenters. The second-order valence-corrected chi connectivity index (χ2v) is 7.28. The zero-order chi connectivity index (χ0) is 22.8. The fourth-order valence-corrected chi connectivity index (χ4v) is 3.75. The van der Waals surface area contributed by atoms with E-state index >= 15 is 0 Å². The highest BCUT2D eigenvalue weighted by Crippen LogP contribution is 2.31. The number of hydrogen-bond acceptors (Lipinski definition) is 8. The summed E-state index contributed by atoms with van der Waals surface area (Å²) in [4.78, 5) is 43.3. The lowest BCUT2D eigenvalue weighted by atomic mass is 10.1. The van der Waals surface area contributed by atoms with Crippen molar-refractivity contribution in [1.29, 1.82) is 0 Å². The molecular weight excluding hydrogens is 429 g/mol. The molecule has 4 rings (SSSR count). The first-order chi connectivity index (χ1) is 15.5. The molecular formula is C20H20FN3O8. The van der Waals surface area contributed by atoms with Crippen LogP contribution in [0.3, 0.4) is 0 Å². The second-order valence-electron chi connectivity index (χ2n) is 7.28. The first-order valence-corrected chi connectivity index (χ1v) is 9.72. The summed E-state index contributed by atoms with van der Waals surface area (Å²) in [7, 11) is 0. The van der Waals surface area contributed by atoms with E-state index in [-0.39, 0.29) is 12.2 Å². The van der Waals surface area contributed by atoms with Gasteiger partial charge in [-0.2, -0.15) is 4.94 Å². The molecule has 2 aromatic heterocycles. The highest BCUT2D eigenvalue weighted by Gasteiger charge is 2.47. The highest BCUT2D eigenvalue weighted by atomic mass is 19.3. The van der Waals surface area contributed by atoms with Crippen LogP contribution in [0.4, 0.5) is 10.2 Å². The van der Waals surface area contributed by atoms with Crippen molar-refractivity contribution in [3.05, 3.63) is 63.1 Å². The number of hydrogen-bond donors (Lipinski definition) is 3. The van der Waals surface area contributed by atoms with Crippen LogP contribution >= 0.6 is 0 Å². The molecule has 0 spiro atoms. The molecule has 0 saturated carbocycles. The molecule has 3 aromatic rings. The molecule has 0 bridgehead atoms. The van der Waals surface area contributed by atoms with Crippen LogP contribution in [0.1, 0.15) is 11.8 Å². The maximum atomic E-state index is 13.1. The van der Waals surface area contributed by atoms with Crippen LogP contribution in [-0.2, 0) is 20.9 Å². The number of carbonyl (C=O) groups excluding carboxylic acids is 1. The first kappa shape index (κ1) is 21.9. The third-order valence-electron chi connectivity index (χ3n) is 5.44. The van der Waals surface area contributed by atoms with Crippen LogP contribution in [0.25, 0.3) is 11.0 Å². The number of aromatic nitrogens is 2. The van der Waals surface area contributed by atoms with Crippen LogP contribution in [0, 0.1) is 0 Å². The molecule has 3 N–H and O–H groups in total. The van der Waals surface area contributed by atoms with Gasteiger partial charge in [0.05, 0.1) is 12.9 Å². The smallest absolute Gasteiger partial charge is 0.330 e. The van der Waals surface area contributed by atoms with E-state index in [1.807, 2.05) is 23.2 Å². The maximum Gasteiger partial charge on any atom is 0.330 e. The van der Waals surface area contributed by atoms with E-state index in [0.29, 0.717) is 18.4 Å². The Bertz CT molecular complexity index is 1220. The quantitative estimate of drug-likeness (QED) is 0.408. The monoisotopic (exact) mass is 449 g/mol. The predicted octanol–water partition coefficient (Wildman–Crippen LogP) is 0.00860. The molecule has 1 amide bonds. The SMILES string of the molecule is O=CN(CCc1coc2ccccc12)c1cn([C@@H]2O[C@H](CO)[C@H](O)[C@H]2OF)c(=O)[nH]c1=O. The Morgan fingerprint density at radius 2 is 2.09 bits per heavy atom. The topological polar surface area (TPSA) is 147 Å². The molecule has 12 heteroatoms. The van der Waals surface area contributed by atoms with Gasteiger partial charge < -0.3 is 24.3 Å². The van der Waals surface area contributed by atoms with E-state index in [1.165, 1.54) is 0 Å². The summed E-state index contributed by atoms with van der Waals surface area (Å²) in [5.74, 6) is 0. The van der Waals surface area contributed by atoms with Gasteiger partial charge in [-0.05, 0) is 22.6 Å². The van der Waals surface area contributed by atoms with E-state index in [9.17, 15) is 29.1 Å². The van der Waals surface area contributed by atoms with Crippen molar-refractivity contribution in [1.82, 2.24) is 9.55 Å². The molecule has 1 aliphatic rings. The number of aliphatic hydroxyl groups is 2. The number of carbonyl (C=O) groups is 1. The normalized spacial score (nSPS) is 23.0. The number of benzene rings is 1. The lowest BCUT2D eigenvalue weighted by Crippen LogP contribution is -2.41. The fraction of sp³-hybridized carbons (Fsp3) is 0.350. The molecule has 4 atom stereocenters. The number of aliphatic hydroxyl groups excluding tert-OH is 2. The van der Waals surface area contributed by atoms with Crippen molar-refractivity contribution in [3.63, 3.8) is 0 Å². The van der Waals surface area contributed by atoms with E-state index < -0.39 is 42.4 Å². The summed E-state index contributed by atoms with van der Waals surface area (Å²) in [6, 6.07) is 7.34. The number of ether oxygens (including phenoxy) is 1. The van der Waals surface area contributed by atoms with Crippen LogP contribution in [0.2, 0.25) is 0 Å². The van der Waals surface area contributed by atoms with Gasteiger partial charge in [-0.25, -0.2) is 4.79 Å². The molecule has 11 nitrogen and oxygen atoms in total. The predicted molar refractivity (Wildman–Crippen MR) is 108 cm³/mol. The molecule has 1 aromatic carbocycles. The van der Waals surface area contributed by atoms with Gasteiger partial charge in [-0.15, -0.1) is 0 Å².